The summed E-state index contributed by atoms with van der Waals surface area (Å²) in [7, 11) is 0. The Morgan fingerprint density at radius 3 is 2.25 bits per heavy atom. The van der Waals surface area contributed by atoms with E-state index in [4.69, 9.17) is 9.84 Å². The van der Waals surface area contributed by atoms with Crippen molar-refractivity contribution in [1.82, 2.24) is 0 Å². The molecule has 2 unspecified atom stereocenters. The van der Waals surface area contributed by atoms with Gasteiger partial charge in [-0.05, 0) is 20.8 Å². The van der Waals surface area contributed by atoms with Crippen molar-refractivity contribution in [1.29, 1.82) is 0 Å². The van der Waals surface area contributed by atoms with Crippen LogP contribution in [0.2, 0.25) is 0 Å². The molecule has 3 heteroatoms. The molecule has 0 amide bonds. The number of hydrogen-bond donors (Lipinski definition) is 1. The first-order valence-electron chi connectivity index (χ1n) is 4.45. The van der Waals surface area contributed by atoms with Gasteiger partial charge in [0, 0.05) is 11.0 Å². The summed E-state index contributed by atoms with van der Waals surface area (Å²) in [4.78, 5) is 0. The molecule has 74 valence electrons. The van der Waals surface area contributed by atoms with Gasteiger partial charge in [-0.2, -0.15) is 11.8 Å². The fraction of sp³-hybridized carbons (Fsp3) is 1.00. The van der Waals surface area contributed by atoms with Crippen molar-refractivity contribution in [3.63, 3.8) is 0 Å². The van der Waals surface area contributed by atoms with Crippen molar-refractivity contribution in [2.24, 2.45) is 0 Å². The number of aliphatic hydroxyl groups is 1. The van der Waals surface area contributed by atoms with Crippen molar-refractivity contribution >= 4 is 11.8 Å². The Labute approximate surface area is 79.7 Å². The Kier molecular flexibility index (Phi) is 6.90. The van der Waals surface area contributed by atoms with E-state index in [1.165, 1.54) is 0 Å². The largest absolute Gasteiger partial charge is 0.392 e. The first-order valence-corrected chi connectivity index (χ1v) is 5.50. The molecule has 0 spiro atoms. The molecule has 0 bridgehead atoms. The van der Waals surface area contributed by atoms with Crippen LogP contribution < -0.4 is 0 Å². The zero-order valence-corrected chi connectivity index (χ0v) is 9.23. The molecule has 2 atom stereocenters. The van der Waals surface area contributed by atoms with Crippen molar-refractivity contribution in [3.8, 4) is 0 Å². The highest BCUT2D eigenvalue weighted by Gasteiger charge is 2.08. The minimum atomic E-state index is -0.228. The van der Waals surface area contributed by atoms with E-state index in [0.717, 1.165) is 12.4 Å². The van der Waals surface area contributed by atoms with E-state index in [1.807, 2.05) is 27.7 Å². The number of aliphatic hydroxyl groups excluding tert-OH is 1. The maximum Gasteiger partial charge on any atom is 0.0628 e. The molecule has 0 aromatic carbocycles. The molecule has 12 heavy (non-hydrogen) atoms. The topological polar surface area (TPSA) is 29.5 Å². The van der Waals surface area contributed by atoms with Gasteiger partial charge in [0.25, 0.3) is 0 Å². The molecule has 0 aromatic rings. The maximum absolute atomic E-state index is 9.17. The second-order valence-electron chi connectivity index (χ2n) is 3.24. The maximum atomic E-state index is 9.17. The summed E-state index contributed by atoms with van der Waals surface area (Å²) in [5, 5.41) is 9.47. The fourth-order valence-corrected chi connectivity index (χ4v) is 1.50. The molecule has 1 N–H and O–H groups in total. The van der Waals surface area contributed by atoms with Gasteiger partial charge in [-0.3, -0.25) is 0 Å². The molecule has 0 aliphatic heterocycles. The van der Waals surface area contributed by atoms with E-state index in [9.17, 15) is 0 Å². The second-order valence-corrected chi connectivity index (χ2v) is 4.72. The first kappa shape index (κ1) is 12.3. The van der Waals surface area contributed by atoms with Gasteiger partial charge in [0.15, 0.2) is 0 Å². The van der Waals surface area contributed by atoms with Crippen LogP contribution in [0.5, 0.6) is 0 Å². The number of hydrogen-bond acceptors (Lipinski definition) is 3. The predicted octanol–water partition coefficient (Wildman–Crippen LogP) is 1.91. The van der Waals surface area contributed by atoms with Crippen molar-refractivity contribution in [2.75, 3.05) is 12.4 Å². The summed E-state index contributed by atoms with van der Waals surface area (Å²) in [6.45, 7) is 8.69. The van der Waals surface area contributed by atoms with Gasteiger partial charge in [0.05, 0.1) is 18.8 Å². The Bertz CT molecular complexity index is 105. The molecule has 0 saturated heterocycles. The van der Waals surface area contributed by atoms with Crippen LogP contribution in [-0.2, 0) is 4.74 Å². The van der Waals surface area contributed by atoms with Crippen LogP contribution in [0.4, 0.5) is 0 Å². The minimum absolute atomic E-state index is 0.228. The van der Waals surface area contributed by atoms with Crippen LogP contribution in [0.3, 0.4) is 0 Å². The van der Waals surface area contributed by atoms with Crippen molar-refractivity contribution < 1.29 is 9.84 Å². The Balaban J connectivity index is 3.20. The predicted molar refractivity (Wildman–Crippen MR) is 54.7 cm³/mol. The van der Waals surface area contributed by atoms with E-state index >= 15 is 0 Å². The van der Waals surface area contributed by atoms with Gasteiger partial charge in [-0.1, -0.05) is 6.92 Å². The Morgan fingerprint density at radius 1 is 1.25 bits per heavy atom. The SMILES string of the molecule is CC(C)OCCSC(C)C(C)O. The minimum Gasteiger partial charge on any atom is -0.392 e. The lowest BCUT2D eigenvalue weighted by Gasteiger charge is -2.14. The van der Waals surface area contributed by atoms with Crippen LogP contribution >= 0.6 is 11.8 Å². The molecule has 0 aromatic heterocycles. The highest BCUT2D eigenvalue weighted by atomic mass is 32.2. The van der Waals surface area contributed by atoms with Gasteiger partial charge in [-0.25, -0.2) is 0 Å². The van der Waals surface area contributed by atoms with Crippen molar-refractivity contribution in [2.45, 2.75) is 45.2 Å². The summed E-state index contributed by atoms with van der Waals surface area (Å²) in [6, 6.07) is 0. The zero-order chi connectivity index (χ0) is 9.56. The third kappa shape index (κ3) is 6.95. The average molecular weight is 192 g/mol. The molecule has 0 fully saturated rings. The molecular formula is C9H20O2S. The summed E-state index contributed by atoms with van der Waals surface area (Å²) in [5.41, 5.74) is 0. The van der Waals surface area contributed by atoms with E-state index in [-0.39, 0.29) is 6.10 Å². The molecule has 0 heterocycles. The lowest BCUT2D eigenvalue weighted by atomic mass is 10.3. The van der Waals surface area contributed by atoms with E-state index in [1.54, 1.807) is 11.8 Å². The van der Waals surface area contributed by atoms with E-state index in [2.05, 4.69) is 0 Å². The van der Waals surface area contributed by atoms with Crippen LogP contribution in [0.15, 0.2) is 0 Å². The zero-order valence-electron chi connectivity index (χ0n) is 8.41. The normalized spacial score (nSPS) is 16.5. The highest BCUT2D eigenvalue weighted by Crippen LogP contribution is 2.13. The third-order valence-corrected chi connectivity index (χ3v) is 2.92. The molecule has 0 aliphatic rings. The second kappa shape index (κ2) is 6.75. The van der Waals surface area contributed by atoms with Gasteiger partial charge in [0.2, 0.25) is 0 Å². The van der Waals surface area contributed by atoms with Gasteiger partial charge < -0.3 is 9.84 Å². The van der Waals surface area contributed by atoms with Gasteiger partial charge >= 0.3 is 0 Å². The summed E-state index contributed by atoms with van der Waals surface area (Å²) < 4.78 is 5.37. The lowest BCUT2D eigenvalue weighted by Crippen LogP contribution is -2.17. The molecule has 0 rings (SSSR count). The van der Waals surface area contributed by atoms with E-state index in [0.29, 0.717) is 11.4 Å². The van der Waals surface area contributed by atoms with Gasteiger partial charge in [0.1, 0.15) is 0 Å². The third-order valence-electron chi connectivity index (χ3n) is 1.59. The monoisotopic (exact) mass is 192 g/mol. The van der Waals surface area contributed by atoms with Crippen molar-refractivity contribution in [3.05, 3.63) is 0 Å². The highest BCUT2D eigenvalue weighted by molar-refractivity contribution is 7.99. The Morgan fingerprint density at radius 2 is 1.83 bits per heavy atom. The van der Waals surface area contributed by atoms with Crippen LogP contribution in [0.1, 0.15) is 27.7 Å². The first-order chi connectivity index (χ1) is 5.54. The van der Waals surface area contributed by atoms with E-state index < -0.39 is 0 Å². The fourth-order valence-electron chi connectivity index (χ4n) is 0.657. The molecule has 0 radical (unpaired) electrons. The Hall–Kier alpha value is 0.270. The standard InChI is InChI=1S/C9H20O2S/c1-7(2)11-5-6-12-9(4)8(3)10/h7-10H,5-6H2,1-4H3. The lowest BCUT2D eigenvalue weighted by molar-refractivity contribution is 0.0919. The summed E-state index contributed by atoms with van der Waals surface area (Å²) in [6.07, 6.45) is 0.0847. The van der Waals surface area contributed by atoms with Crippen LogP contribution in [-0.4, -0.2) is 34.9 Å². The number of thioether (sulfide) groups is 1. The average Bonchev–Trinajstić information content (AvgIpc) is 1.97. The number of rotatable bonds is 6. The summed E-state index contributed by atoms with van der Waals surface area (Å²) in [5.74, 6) is 0.963. The van der Waals surface area contributed by atoms with Crippen LogP contribution in [0, 0.1) is 0 Å². The molecular weight excluding hydrogens is 172 g/mol. The number of ether oxygens (including phenoxy) is 1. The quantitative estimate of drug-likeness (QED) is 0.652. The van der Waals surface area contributed by atoms with Gasteiger partial charge in [-0.15, -0.1) is 0 Å². The molecule has 0 aliphatic carbocycles. The van der Waals surface area contributed by atoms with Crippen LogP contribution in [0.25, 0.3) is 0 Å². The molecule has 2 nitrogen and oxygen atoms in total. The molecule has 0 saturated carbocycles. The summed E-state index contributed by atoms with van der Waals surface area (Å²) >= 11 is 1.75. The smallest absolute Gasteiger partial charge is 0.0628 e.